The highest BCUT2D eigenvalue weighted by Gasteiger charge is 2.33. The third kappa shape index (κ3) is 0.795. The van der Waals surface area contributed by atoms with Crippen LogP contribution in [-0.2, 0) is 0 Å². The average Bonchev–Trinajstić information content (AvgIpc) is 2.16. The Morgan fingerprint density at radius 1 is 1.62 bits per heavy atom. The maximum Gasteiger partial charge on any atom is 0.00628 e. The number of allylic oxidation sites excluding steroid dienone is 2. The van der Waals surface area contributed by atoms with Crippen LogP contribution in [0.2, 0.25) is 0 Å². The van der Waals surface area contributed by atoms with Crippen molar-refractivity contribution >= 4 is 0 Å². The fourth-order valence-corrected chi connectivity index (χ4v) is 1.23. The van der Waals surface area contributed by atoms with E-state index in [1.54, 1.807) is 5.57 Å². The zero-order chi connectivity index (χ0) is 6.20. The molecule has 1 aliphatic carbocycles. The van der Waals surface area contributed by atoms with Gasteiger partial charge in [0.2, 0.25) is 0 Å². The van der Waals surface area contributed by atoms with Gasteiger partial charge < -0.3 is 0 Å². The highest BCUT2D eigenvalue weighted by Crippen LogP contribution is 2.46. The first-order chi connectivity index (χ1) is 3.69. The molecule has 0 aromatic carbocycles. The Balaban J connectivity index is 2.29. The molecule has 1 unspecified atom stereocenters. The van der Waals surface area contributed by atoms with Crippen molar-refractivity contribution in [2.45, 2.75) is 33.6 Å². The van der Waals surface area contributed by atoms with Crippen molar-refractivity contribution in [1.29, 1.82) is 0 Å². The molecule has 0 fully saturated rings. The summed E-state index contributed by atoms with van der Waals surface area (Å²) < 4.78 is 0. The van der Waals surface area contributed by atoms with Crippen molar-refractivity contribution in [3.05, 3.63) is 11.6 Å². The number of hydrogen-bond donors (Lipinski definition) is 0. The first-order valence-electron chi connectivity index (χ1n) is 3.39. The van der Waals surface area contributed by atoms with E-state index in [-0.39, 0.29) is 0 Å². The summed E-state index contributed by atoms with van der Waals surface area (Å²) in [6.45, 7) is 6.77. The van der Waals surface area contributed by atoms with E-state index in [2.05, 4.69) is 26.8 Å². The van der Waals surface area contributed by atoms with Gasteiger partial charge in [-0.1, -0.05) is 31.9 Å². The largest absolute Gasteiger partial charge is 0.0748 e. The maximum absolute atomic E-state index is 2.36. The molecular formula is C8H14. The molecule has 1 aliphatic rings. The lowest BCUT2D eigenvalue weighted by molar-refractivity contribution is 0.545. The van der Waals surface area contributed by atoms with Gasteiger partial charge in [0.1, 0.15) is 0 Å². The Morgan fingerprint density at radius 2 is 2.12 bits per heavy atom. The molecule has 0 heterocycles. The Hall–Kier alpha value is -0.260. The van der Waals surface area contributed by atoms with Gasteiger partial charge in [0.15, 0.2) is 0 Å². The van der Waals surface area contributed by atoms with Gasteiger partial charge in [0, 0.05) is 5.41 Å². The molecule has 0 aromatic rings. The van der Waals surface area contributed by atoms with Crippen molar-refractivity contribution in [3.8, 4) is 0 Å². The van der Waals surface area contributed by atoms with Crippen LogP contribution >= 0.6 is 0 Å². The van der Waals surface area contributed by atoms with Gasteiger partial charge in [-0.15, -0.1) is 0 Å². The predicted octanol–water partition coefficient (Wildman–Crippen LogP) is 2.75. The minimum Gasteiger partial charge on any atom is -0.0748 e. The molecule has 0 heteroatoms. The van der Waals surface area contributed by atoms with Crippen molar-refractivity contribution < 1.29 is 0 Å². The predicted molar refractivity (Wildman–Crippen MR) is 36.8 cm³/mol. The Labute approximate surface area is 51.6 Å². The Bertz CT molecular complexity index is 122. The van der Waals surface area contributed by atoms with Crippen molar-refractivity contribution in [2.24, 2.45) is 5.41 Å². The van der Waals surface area contributed by atoms with Crippen LogP contribution in [0.5, 0.6) is 0 Å². The summed E-state index contributed by atoms with van der Waals surface area (Å²) in [6, 6.07) is 0. The topological polar surface area (TPSA) is 0 Å². The molecule has 0 amide bonds. The van der Waals surface area contributed by atoms with Gasteiger partial charge in [0.25, 0.3) is 0 Å². The summed E-state index contributed by atoms with van der Waals surface area (Å²) in [5, 5.41) is 0. The molecule has 0 saturated carbocycles. The van der Waals surface area contributed by atoms with E-state index < -0.39 is 0 Å². The summed E-state index contributed by atoms with van der Waals surface area (Å²) in [7, 11) is 0. The highest BCUT2D eigenvalue weighted by atomic mass is 14.4. The summed E-state index contributed by atoms with van der Waals surface area (Å²) >= 11 is 0. The molecule has 0 aliphatic heterocycles. The molecule has 1 atom stereocenters. The molecule has 0 radical (unpaired) electrons. The van der Waals surface area contributed by atoms with Crippen molar-refractivity contribution in [1.82, 2.24) is 0 Å². The standard InChI is InChI=1S/C8H14/c1-4-5-8(3)6-7(8)2/h6H,4-5H2,1-3H3. The lowest BCUT2D eigenvalue weighted by atomic mass is 9.98. The monoisotopic (exact) mass is 110 g/mol. The highest BCUT2D eigenvalue weighted by molar-refractivity contribution is 5.34. The lowest BCUT2D eigenvalue weighted by Gasteiger charge is -2.06. The summed E-state index contributed by atoms with van der Waals surface area (Å²) in [6.07, 6.45) is 5.01. The third-order valence-corrected chi connectivity index (χ3v) is 2.12. The van der Waals surface area contributed by atoms with Crippen LogP contribution in [0.25, 0.3) is 0 Å². The Kier molecular flexibility index (Phi) is 1.18. The average molecular weight is 110 g/mol. The first-order valence-corrected chi connectivity index (χ1v) is 3.39. The van der Waals surface area contributed by atoms with Gasteiger partial charge >= 0.3 is 0 Å². The van der Waals surface area contributed by atoms with Gasteiger partial charge in [-0.25, -0.2) is 0 Å². The van der Waals surface area contributed by atoms with E-state index in [0.29, 0.717) is 5.41 Å². The molecule has 0 saturated heterocycles. The van der Waals surface area contributed by atoms with Crippen LogP contribution in [-0.4, -0.2) is 0 Å². The molecule has 0 bridgehead atoms. The normalized spacial score (nSPS) is 34.6. The fourth-order valence-electron chi connectivity index (χ4n) is 1.23. The van der Waals surface area contributed by atoms with Crippen LogP contribution in [0.1, 0.15) is 33.6 Å². The Morgan fingerprint density at radius 3 is 2.25 bits per heavy atom. The minimum atomic E-state index is 0.550. The first kappa shape index (κ1) is 5.87. The number of rotatable bonds is 2. The van der Waals surface area contributed by atoms with Crippen molar-refractivity contribution in [2.75, 3.05) is 0 Å². The molecule has 1 rings (SSSR count). The molecule has 0 spiro atoms. The van der Waals surface area contributed by atoms with E-state index in [4.69, 9.17) is 0 Å². The maximum atomic E-state index is 2.36. The molecule has 0 nitrogen and oxygen atoms in total. The van der Waals surface area contributed by atoms with Gasteiger partial charge in [-0.2, -0.15) is 0 Å². The number of hydrogen-bond acceptors (Lipinski definition) is 0. The second kappa shape index (κ2) is 1.61. The van der Waals surface area contributed by atoms with Gasteiger partial charge in [0.05, 0.1) is 0 Å². The second-order valence-electron chi connectivity index (χ2n) is 2.99. The zero-order valence-electron chi connectivity index (χ0n) is 5.99. The fraction of sp³-hybridized carbons (Fsp3) is 0.750. The van der Waals surface area contributed by atoms with Crippen LogP contribution in [0.4, 0.5) is 0 Å². The molecule has 8 heavy (non-hydrogen) atoms. The van der Waals surface area contributed by atoms with E-state index in [9.17, 15) is 0 Å². The van der Waals surface area contributed by atoms with Crippen molar-refractivity contribution in [3.63, 3.8) is 0 Å². The van der Waals surface area contributed by atoms with Crippen LogP contribution in [0.15, 0.2) is 11.6 Å². The minimum absolute atomic E-state index is 0.550. The molecule has 46 valence electrons. The van der Waals surface area contributed by atoms with Gasteiger partial charge in [-0.3, -0.25) is 0 Å². The lowest BCUT2D eigenvalue weighted by Crippen LogP contribution is -1.95. The van der Waals surface area contributed by atoms with E-state index in [1.807, 2.05) is 0 Å². The van der Waals surface area contributed by atoms with Crippen LogP contribution in [0, 0.1) is 5.41 Å². The summed E-state index contributed by atoms with van der Waals surface area (Å²) in [4.78, 5) is 0. The van der Waals surface area contributed by atoms with Crippen LogP contribution in [0.3, 0.4) is 0 Å². The second-order valence-corrected chi connectivity index (χ2v) is 2.99. The molecule has 0 aromatic heterocycles. The molecule has 0 N–H and O–H groups in total. The van der Waals surface area contributed by atoms with E-state index in [1.165, 1.54) is 12.8 Å². The quantitative estimate of drug-likeness (QED) is 0.479. The summed E-state index contributed by atoms with van der Waals surface area (Å²) in [5.74, 6) is 0. The smallest absolute Gasteiger partial charge is 0.00628 e. The van der Waals surface area contributed by atoms with Crippen LogP contribution < -0.4 is 0 Å². The summed E-state index contributed by atoms with van der Waals surface area (Å²) in [5.41, 5.74) is 2.13. The SMILES string of the molecule is CCCC1(C)C=C1C. The van der Waals surface area contributed by atoms with Gasteiger partial charge in [-0.05, 0) is 13.3 Å². The van der Waals surface area contributed by atoms with E-state index >= 15 is 0 Å². The van der Waals surface area contributed by atoms with E-state index in [0.717, 1.165) is 0 Å². The molecular weight excluding hydrogens is 96.1 g/mol. The third-order valence-electron chi connectivity index (χ3n) is 2.12. The zero-order valence-corrected chi connectivity index (χ0v) is 5.99.